The summed E-state index contributed by atoms with van der Waals surface area (Å²) in [6.45, 7) is 1.77. The largest absolute Gasteiger partial charge is 0.472 e. The Kier molecular flexibility index (Phi) is 5.55. The molecule has 0 radical (unpaired) electrons. The Balaban J connectivity index is 1.28. The molecule has 0 aromatic carbocycles. The minimum atomic E-state index is -0.489. The topological polar surface area (TPSA) is 104 Å². The number of pyridine rings is 1. The maximum absolute atomic E-state index is 12.1. The molecule has 0 fully saturated rings. The van der Waals surface area contributed by atoms with E-state index in [9.17, 15) is 4.79 Å². The van der Waals surface area contributed by atoms with Gasteiger partial charge in [-0.25, -0.2) is 9.78 Å². The summed E-state index contributed by atoms with van der Waals surface area (Å²) >= 11 is 1.35. The van der Waals surface area contributed by atoms with Gasteiger partial charge in [0.1, 0.15) is 5.65 Å². The van der Waals surface area contributed by atoms with Gasteiger partial charge in [-0.15, -0.1) is 11.3 Å². The second-order valence-electron chi connectivity index (χ2n) is 5.97. The molecule has 0 aliphatic rings. The first-order valence-corrected chi connectivity index (χ1v) is 9.61. The zero-order valence-corrected chi connectivity index (χ0v) is 15.7. The van der Waals surface area contributed by atoms with Crippen molar-refractivity contribution in [3.8, 4) is 5.06 Å². The Morgan fingerprint density at radius 3 is 3.07 bits per heavy atom. The summed E-state index contributed by atoms with van der Waals surface area (Å²) in [6.07, 6.45) is 6.38. The fourth-order valence-corrected chi connectivity index (χ4v) is 3.38. The third kappa shape index (κ3) is 4.33. The molecule has 0 atom stereocenters. The van der Waals surface area contributed by atoms with Gasteiger partial charge < -0.3 is 30.1 Å². The number of aromatic nitrogens is 2. The Labute approximate surface area is 164 Å². The van der Waals surface area contributed by atoms with Crippen LogP contribution in [0.15, 0.2) is 59.0 Å². The van der Waals surface area contributed by atoms with Gasteiger partial charge in [-0.2, -0.15) is 0 Å². The predicted octanol–water partition coefficient (Wildman–Crippen LogP) is 3.84. The van der Waals surface area contributed by atoms with Crippen molar-refractivity contribution in [3.63, 3.8) is 0 Å². The first-order valence-electron chi connectivity index (χ1n) is 8.74. The SMILES string of the molecule is O=C(NCCNCc1ccoc1)Oc1sccc1Nc1ccnc2[nH]ccc12. The maximum Gasteiger partial charge on any atom is 0.413 e. The number of aromatic amines is 1. The smallest absolute Gasteiger partial charge is 0.413 e. The number of H-pyrrole nitrogens is 1. The highest BCUT2D eigenvalue weighted by atomic mass is 32.1. The van der Waals surface area contributed by atoms with E-state index in [-0.39, 0.29) is 0 Å². The lowest BCUT2D eigenvalue weighted by Crippen LogP contribution is -2.33. The van der Waals surface area contributed by atoms with Crippen molar-refractivity contribution in [2.24, 2.45) is 0 Å². The van der Waals surface area contributed by atoms with Crippen LogP contribution in [0.5, 0.6) is 5.06 Å². The number of carbonyl (C=O) groups is 1. The molecule has 0 unspecified atom stereocenters. The summed E-state index contributed by atoms with van der Waals surface area (Å²) < 4.78 is 10.4. The van der Waals surface area contributed by atoms with Crippen molar-refractivity contribution in [2.75, 3.05) is 18.4 Å². The van der Waals surface area contributed by atoms with E-state index in [1.165, 1.54) is 11.3 Å². The highest BCUT2D eigenvalue weighted by Gasteiger charge is 2.12. The lowest BCUT2D eigenvalue weighted by atomic mass is 10.3. The predicted molar refractivity (Wildman–Crippen MR) is 108 cm³/mol. The van der Waals surface area contributed by atoms with Crippen LogP contribution in [-0.2, 0) is 6.54 Å². The van der Waals surface area contributed by atoms with E-state index in [0.29, 0.717) is 24.7 Å². The van der Waals surface area contributed by atoms with Crippen LogP contribution in [0.3, 0.4) is 0 Å². The number of furan rings is 1. The fraction of sp³-hybridized carbons (Fsp3) is 0.158. The molecule has 0 aliphatic carbocycles. The van der Waals surface area contributed by atoms with E-state index in [0.717, 1.165) is 28.0 Å². The molecule has 0 saturated heterocycles. The van der Waals surface area contributed by atoms with Crippen molar-refractivity contribution in [1.29, 1.82) is 0 Å². The van der Waals surface area contributed by atoms with Gasteiger partial charge in [-0.1, -0.05) is 0 Å². The molecule has 144 valence electrons. The summed E-state index contributed by atoms with van der Waals surface area (Å²) in [7, 11) is 0. The van der Waals surface area contributed by atoms with Crippen molar-refractivity contribution in [3.05, 3.63) is 60.1 Å². The first-order chi connectivity index (χ1) is 13.8. The molecule has 0 spiro atoms. The molecule has 4 heterocycles. The lowest BCUT2D eigenvalue weighted by Gasteiger charge is -2.10. The van der Waals surface area contributed by atoms with E-state index in [1.54, 1.807) is 18.7 Å². The van der Waals surface area contributed by atoms with Crippen molar-refractivity contribution in [2.45, 2.75) is 6.54 Å². The highest BCUT2D eigenvalue weighted by Crippen LogP contribution is 2.35. The van der Waals surface area contributed by atoms with Crippen LogP contribution >= 0.6 is 11.3 Å². The molecule has 0 aliphatic heterocycles. The zero-order chi connectivity index (χ0) is 19.2. The van der Waals surface area contributed by atoms with Crippen LogP contribution in [0.4, 0.5) is 16.2 Å². The lowest BCUT2D eigenvalue weighted by molar-refractivity contribution is 0.202. The average molecular weight is 397 g/mol. The minimum Gasteiger partial charge on any atom is -0.472 e. The number of nitrogens with one attached hydrogen (secondary N) is 4. The summed E-state index contributed by atoms with van der Waals surface area (Å²) in [5, 5.41) is 12.6. The quantitative estimate of drug-likeness (QED) is 0.337. The van der Waals surface area contributed by atoms with Gasteiger partial charge in [-0.3, -0.25) is 0 Å². The number of carbonyl (C=O) groups excluding carboxylic acids is 1. The van der Waals surface area contributed by atoms with Gasteiger partial charge in [0, 0.05) is 43.0 Å². The fourth-order valence-electron chi connectivity index (χ4n) is 2.68. The van der Waals surface area contributed by atoms with Crippen molar-refractivity contribution < 1.29 is 13.9 Å². The highest BCUT2D eigenvalue weighted by molar-refractivity contribution is 7.12. The molecule has 4 rings (SSSR count). The van der Waals surface area contributed by atoms with Crippen LogP contribution in [0, 0.1) is 0 Å². The average Bonchev–Trinajstić information content (AvgIpc) is 3.44. The van der Waals surface area contributed by atoms with E-state index in [4.69, 9.17) is 9.15 Å². The second kappa shape index (κ2) is 8.59. The number of hydrogen-bond acceptors (Lipinski definition) is 7. The van der Waals surface area contributed by atoms with Gasteiger partial charge in [0.25, 0.3) is 0 Å². The van der Waals surface area contributed by atoms with E-state index in [1.807, 2.05) is 35.8 Å². The standard InChI is InChI=1S/C19H19N5O3S/c25-19(23-8-7-20-11-13-3-9-26-12-13)27-18-16(4-10-28-18)24-15-2-6-22-17-14(15)1-5-21-17/h1-6,9-10,12,20H,7-8,11H2,(H,23,25)(H2,21,22,24). The Bertz CT molecular complexity index is 1040. The van der Waals surface area contributed by atoms with E-state index in [2.05, 4.69) is 25.9 Å². The molecule has 1 amide bonds. The summed E-state index contributed by atoms with van der Waals surface area (Å²) in [5.41, 5.74) is 3.47. The molecule has 9 heteroatoms. The number of thiophene rings is 1. The molecular formula is C19H19N5O3S. The summed E-state index contributed by atoms with van der Waals surface area (Å²) in [4.78, 5) is 19.4. The maximum atomic E-state index is 12.1. The van der Waals surface area contributed by atoms with Crippen LogP contribution in [0.25, 0.3) is 11.0 Å². The monoisotopic (exact) mass is 397 g/mol. The molecule has 28 heavy (non-hydrogen) atoms. The Hall–Kier alpha value is -3.30. The van der Waals surface area contributed by atoms with Crippen LogP contribution in [0.2, 0.25) is 0 Å². The third-order valence-corrected chi connectivity index (χ3v) is 4.81. The van der Waals surface area contributed by atoms with Gasteiger partial charge in [-0.05, 0) is 29.6 Å². The zero-order valence-electron chi connectivity index (χ0n) is 14.9. The van der Waals surface area contributed by atoms with Gasteiger partial charge >= 0.3 is 6.09 Å². The van der Waals surface area contributed by atoms with Gasteiger partial charge in [0.2, 0.25) is 5.06 Å². The molecular weight excluding hydrogens is 378 g/mol. The normalized spacial score (nSPS) is 10.9. The number of nitrogens with zero attached hydrogens (tertiary/aromatic N) is 1. The van der Waals surface area contributed by atoms with Crippen molar-refractivity contribution in [1.82, 2.24) is 20.6 Å². The third-order valence-electron chi connectivity index (χ3n) is 4.02. The molecule has 4 N–H and O–H groups in total. The van der Waals surface area contributed by atoms with Gasteiger partial charge in [0.05, 0.1) is 23.9 Å². The number of hydrogen-bond donors (Lipinski definition) is 4. The molecule has 4 aromatic heterocycles. The number of rotatable bonds is 8. The van der Waals surface area contributed by atoms with Crippen LogP contribution in [-0.4, -0.2) is 29.2 Å². The Morgan fingerprint density at radius 2 is 2.18 bits per heavy atom. The summed E-state index contributed by atoms with van der Waals surface area (Å²) in [5.74, 6) is 0. The van der Waals surface area contributed by atoms with Crippen molar-refractivity contribution >= 4 is 39.8 Å². The van der Waals surface area contributed by atoms with Crippen LogP contribution < -0.4 is 20.7 Å². The van der Waals surface area contributed by atoms with E-state index >= 15 is 0 Å². The second-order valence-corrected chi connectivity index (χ2v) is 6.85. The molecule has 8 nitrogen and oxygen atoms in total. The minimum absolute atomic E-state index is 0.457. The Morgan fingerprint density at radius 1 is 1.21 bits per heavy atom. The van der Waals surface area contributed by atoms with Gasteiger partial charge in [0.15, 0.2) is 0 Å². The number of ether oxygens (including phenoxy) is 1. The summed E-state index contributed by atoms with van der Waals surface area (Å²) in [6, 6.07) is 7.59. The molecule has 4 aromatic rings. The molecule has 0 bridgehead atoms. The first kappa shape index (κ1) is 18.1. The van der Waals surface area contributed by atoms with Crippen LogP contribution in [0.1, 0.15) is 5.56 Å². The molecule has 0 saturated carbocycles. The number of fused-ring (bicyclic) bond motifs is 1. The van der Waals surface area contributed by atoms with E-state index < -0.39 is 6.09 Å². The number of amides is 1. The number of anilines is 2.